The zero-order chi connectivity index (χ0) is 28.4. The number of aromatic nitrogens is 1. The summed E-state index contributed by atoms with van der Waals surface area (Å²) < 4.78 is 18.8. The number of thiazole rings is 1. The number of benzene rings is 2. The number of ether oxygens (including phenoxy) is 3. The Kier molecular flexibility index (Phi) is 8.82. The number of carboxylic acid groups (broad SMARTS) is 1. The van der Waals surface area contributed by atoms with Gasteiger partial charge >= 0.3 is 11.9 Å². The Hall–Kier alpha value is -3.16. The van der Waals surface area contributed by atoms with Gasteiger partial charge in [0.05, 0.1) is 38.6 Å². The average molecular weight is 683 g/mol. The predicted molar refractivity (Wildman–Crippen MR) is 155 cm³/mol. The fourth-order valence-corrected chi connectivity index (χ4v) is 6.02. The summed E-state index contributed by atoms with van der Waals surface area (Å²) in [5.41, 5.74) is 1.74. The Balaban J connectivity index is 1.88. The standard InChI is InChI=1S/C27H24ClIN2O7S/c1-13(2)38-26(35)22-14(3)30-27-31(23(22)16-5-7-17(28)8-6-16)25(34)20(39-27)11-15-9-18(29)24(19(10-15)36-4)37-12-21(32)33/h5-11,13,23H,12H2,1-4H3,(H,32,33)/b20-11-/t23-/m1/s1. The first-order chi connectivity index (χ1) is 18.5. The molecular formula is C27H24ClIN2O7S. The molecule has 3 aromatic rings. The summed E-state index contributed by atoms with van der Waals surface area (Å²) in [6.45, 7) is 4.72. The molecule has 0 aliphatic carbocycles. The van der Waals surface area contributed by atoms with Crippen LogP contribution >= 0.6 is 45.5 Å². The van der Waals surface area contributed by atoms with Crippen LogP contribution in [0.2, 0.25) is 5.02 Å². The van der Waals surface area contributed by atoms with Crippen molar-refractivity contribution in [2.24, 2.45) is 4.99 Å². The van der Waals surface area contributed by atoms with Crippen LogP contribution in [0, 0.1) is 3.57 Å². The van der Waals surface area contributed by atoms with Gasteiger partial charge in [0.15, 0.2) is 22.9 Å². The van der Waals surface area contributed by atoms with E-state index in [1.807, 2.05) is 22.6 Å². The van der Waals surface area contributed by atoms with Gasteiger partial charge in [-0.3, -0.25) is 9.36 Å². The van der Waals surface area contributed by atoms with Gasteiger partial charge in [-0.05, 0) is 84.8 Å². The van der Waals surface area contributed by atoms with E-state index in [0.29, 0.717) is 46.2 Å². The first kappa shape index (κ1) is 28.8. The van der Waals surface area contributed by atoms with Crippen LogP contribution in [0.3, 0.4) is 0 Å². The second-order valence-electron chi connectivity index (χ2n) is 8.80. The molecule has 1 aromatic heterocycles. The Morgan fingerprint density at radius 2 is 1.95 bits per heavy atom. The zero-order valence-corrected chi connectivity index (χ0v) is 25.1. The minimum atomic E-state index is -1.11. The molecule has 1 atom stereocenters. The quantitative estimate of drug-likeness (QED) is 0.283. The van der Waals surface area contributed by atoms with Crippen molar-refractivity contribution in [3.63, 3.8) is 0 Å². The third-order valence-corrected chi connectivity index (χ3v) is 7.70. The van der Waals surface area contributed by atoms with Crippen molar-refractivity contribution in [2.75, 3.05) is 13.7 Å². The average Bonchev–Trinajstić information content (AvgIpc) is 3.16. The number of rotatable bonds is 8. The first-order valence-electron chi connectivity index (χ1n) is 11.7. The van der Waals surface area contributed by atoms with Crippen molar-refractivity contribution in [2.45, 2.75) is 32.9 Å². The highest BCUT2D eigenvalue weighted by atomic mass is 127. The van der Waals surface area contributed by atoms with Crippen molar-refractivity contribution < 1.29 is 28.9 Å². The molecule has 1 N–H and O–H groups in total. The summed E-state index contributed by atoms with van der Waals surface area (Å²) in [6.07, 6.45) is 1.34. The van der Waals surface area contributed by atoms with E-state index in [2.05, 4.69) is 4.99 Å². The molecule has 0 bridgehead atoms. The molecular weight excluding hydrogens is 659 g/mol. The third-order valence-electron chi connectivity index (χ3n) is 5.66. The second-order valence-corrected chi connectivity index (χ2v) is 11.4. The normalized spacial score (nSPS) is 15.2. The van der Waals surface area contributed by atoms with Crippen LogP contribution in [0.5, 0.6) is 11.5 Å². The maximum Gasteiger partial charge on any atom is 0.341 e. The van der Waals surface area contributed by atoms with Gasteiger partial charge in [0.2, 0.25) is 0 Å². The highest BCUT2D eigenvalue weighted by molar-refractivity contribution is 14.1. The number of allylic oxidation sites excluding steroid dienone is 1. The lowest BCUT2D eigenvalue weighted by Crippen LogP contribution is -2.40. The van der Waals surface area contributed by atoms with Gasteiger partial charge in [0.25, 0.3) is 5.56 Å². The summed E-state index contributed by atoms with van der Waals surface area (Å²) >= 11 is 9.33. The van der Waals surface area contributed by atoms with Gasteiger partial charge in [0.1, 0.15) is 0 Å². The lowest BCUT2D eigenvalue weighted by Gasteiger charge is -2.25. The van der Waals surface area contributed by atoms with Crippen LogP contribution < -0.4 is 24.4 Å². The van der Waals surface area contributed by atoms with Crippen LogP contribution in [0.15, 0.2) is 57.5 Å². The number of hydrogen-bond acceptors (Lipinski definition) is 8. The van der Waals surface area contributed by atoms with E-state index in [-0.39, 0.29) is 17.2 Å². The van der Waals surface area contributed by atoms with Crippen molar-refractivity contribution in [3.05, 3.63) is 87.1 Å². The molecule has 2 heterocycles. The van der Waals surface area contributed by atoms with Crippen LogP contribution in [0.1, 0.15) is 37.9 Å². The molecule has 0 amide bonds. The molecule has 2 aromatic carbocycles. The fourth-order valence-electron chi connectivity index (χ4n) is 4.07. The van der Waals surface area contributed by atoms with Crippen LogP contribution in [-0.4, -0.2) is 41.4 Å². The number of hydrogen-bond donors (Lipinski definition) is 1. The molecule has 0 radical (unpaired) electrons. The Bertz CT molecular complexity index is 1660. The van der Waals surface area contributed by atoms with Crippen molar-refractivity contribution in [1.29, 1.82) is 0 Å². The van der Waals surface area contributed by atoms with Crippen LogP contribution in [0.4, 0.5) is 0 Å². The maximum atomic E-state index is 13.8. The smallest absolute Gasteiger partial charge is 0.341 e. The largest absolute Gasteiger partial charge is 0.493 e. The van der Waals surface area contributed by atoms with Crippen molar-refractivity contribution >= 4 is 63.5 Å². The van der Waals surface area contributed by atoms with Gasteiger partial charge in [0, 0.05) is 5.02 Å². The number of fused-ring (bicyclic) bond motifs is 1. The number of esters is 1. The SMILES string of the molecule is COc1cc(/C=c2\sc3n(c2=O)[C@H](c2ccc(Cl)cc2)C(C(=O)OC(C)C)=C(C)N=3)cc(I)c1OCC(=O)O. The van der Waals surface area contributed by atoms with E-state index in [0.717, 1.165) is 0 Å². The van der Waals surface area contributed by atoms with Gasteiger partial charge in [-0.25, -0.2) is 14.6 Å². The number of carboxylic acids is 1. The molecule has 4 rings (SSSR count). The van der Waals surface area contributed by atoms with E-state index in [9.17, 15) is 14.4 Å². The third kappa shape index (κ3) is 6.20. The molecule has 1 aliphatic rings. The molecule has 1 aliphatic heterocycles. The Labute approximate surface area is 246 Å². The fraction of sp³-hybridized carbons (Fsp3) is 0.259. The molecule has 204 valence electrons. The highest BCUT2D eigenvalue weighted by Gasteiger charge is 2.33. The molecule has 0 saturated carbocycles. The minimum Gasteiger partial charge on any atom is -0.493 e. The highest BCUT2D eigenvalue weighted by Crippen LogP contribution is 2.34. The number of halogens is 2. The Morgan fingerprint density at radius 3 is 2.56 bits per heavy atom. The first-order valence-corrected chi connectivity index (χ1v) is 14.0. The van der Waals surface area contributed by atoms with Crippen LogP contribution in [0.25, 0.3) is 6.08 Å². The maximum absolute atomic E-state index is 13.8. The summed E-state index contributed by atoms with van der Waals surface area (Å²) in [4.78, 5) is 43.0. The van der Waals surface area contributed by atoms with Gasteiger partial charge in [-0.1, -0.05) is 35.1 Å². The second kappa shape index (κ2) is 11.9. The lowest BCUT2D eigenvalue weighted by atomic mass is 9.96. The summed E-state index contributed by atoms with van der Waals surface area (Å²) in [6, 6.07) is 9.61. The number of methoxy groups -OCH3 is 1. The van der Waals surface area contributed by atoms with Gasteiger partial charge < -0.3 is 19.3 Å². The van der Waals surface area contributed by atoms with Crippen LogP contribution in [-0.2, 0) is 14.3 Å². The van der Waals surface area contributed by atoms with Crippen molar-refractivity contribution in [1.82, 2.24) is 4.57 Å². The van der Waals surface area contributed by atoms with E-state index in [1.54, 1.807) is 63.2 Å². The summed E-state index contributed by atoms with van der Waals surface area (Å²) in [5.74, 6) is -1.03. The monoisotopic (exact) mass is 682 g/mol. The number of aliphatic carboxylic acids is 1. The molecule has 0 unspecified atom stereocenters. The van der Waals surface area contributed by atoms with E-state index in [1.165, 1.54) is 23.0 Å². The molecule has 0 spiro atoms. The zero-order valence-electron chi connectivity index (χ0n) is 21.4. The predicted octanol–water partition coefficient (Wildman–Crippen LogP) is 3.92. The Morgan fingerprint density at radius 1 is 1.26 bits per heavy atom. The van der Waals surface area contributed by atoms with E-state index in [4.69, 9.17) is 30.9 Å². The number of carbonyl (C=O) groups excluding carboxylic acids is 1. The topological polar surface area (TPSA) is 116 Å². The van der Waals surface area contributed by atoms with Gasteiger partial charge in [-0.2, -0.15) is 0 Å². The lowest BCUT2D eigenvalue weighted by molar-refractivity contribution is -0.143. The number of carbonyl (C=O) groups is 2. The molecule has 0 saturated heterocycles. The molecule has 12 heteroatoms. The van der Waals surface area contributed by atoms with Crippen molar-refractivity contribution in [3.8, 4) is 11.5 Å². The van der Waals surface area contributed by atoms with E-state index < -0.39 is 24.6 Å². The molecule has 39 heavy (non-hydrogen) atoms. The van der Waals surface area contributed by atoms with Gasteiger partial charge in [-0.15, -0.1) is 0 Å². The summed E-state index contributed by atoms with van der Waals surface area (Å²) in [7, 11) is 1.45. The molecule has 9 nitrogen and oxygen atoms in total. The number of nitrogens with zero attached hydrogens (tertiary/aromatic N) is 2. The molecule has 0 fully saturated rings. The summed E-state index contributed by atoms with van der Waals surface area (Å²) in [5, 5.41) is 9.49. The van der Waals surface area contributed by atoms with E-state index >= 15 is 0 Å². The minimum absolute atomic E-state index is 0.279.